The maximum Gasteiger partial charge on any atom is 0.192 e. The largest absolute Gasteiger partial charge is 0.414 e. The first kappa shape index (κ1) is 14.2. The third-order valence-electron chi connectivity index (χ3n) is 4.09. The lowest BCUT2D eigenvalue weighted by molar-refractivity contribution is 0.248. The predicted molar refractivity (Wildman–Crippen MR) is 71.1 cm³/mol. The van der Waals surface area contributed by atoms with Gasteiger partial charge in [0.25, 0.3) is 0 Å². The molecule has 0 aromatic rings. The fraction of sp³-hybridized carbons (Fsp3) is 1.00. The Morgan fingerprint density at radius 1 is 1.25 bits per heavy atom. The molecular weight excluding hydrogens is 216 g/mol. The third-order valence-corrected chi connectivity index (χ3v) is 8.60. The molecule has 3 heteroatoms. The Kier molecular flexibility index (Phi) is 4.61. The number of hydrogen-bond acceptors (Lipinski definition) is 2. The molecule has 0 amide bonds. The fourth-order valence-corrected chi connectivity index (χ4v) is 3.14. The summed E-state index contributed by atoms with van der Waals surface area (Å²) in [5.74, 6) is 0.778. The van der Waals surface area contributed by atoms with Crippen LogP contribution in [0, 0.1) is 5.92 Å². The van der Waals surface area contributed by atoms with Gasteiger partial charge < -0.3 is 9.53 Å². The molecule has 1 fully saturated rings. The lowest BCUT2D eigenvalue weighted by atomic mass is 10.2. The summed E-state index contributed by atoms with van der Waals surface area (Å²) in [6, 6.07) is 0. The van der Waals surface area contributed by atoms with Crippen molar-refractivity contribution in [2.45, 2.75) is 70.7 Å². The van der Waals surface area contributed by atoms with E-state index in [4.69, 9.17) is 9.53 Å². The maximum atomic E-state index is 8.73. The summed E-state index contributed by atoms with van der Waals surface area (Å²) in [6.07, 6.45) is 5.11. The Bertz CT molecular complexity index is 220. The molecular formula is C13H28O2Si. The highest BCUT2D eigenvalue weighted by molar-refractivity contribution is 6.74. The molecule has 0 unspecified atom stereocenters. The second-order valence-electron chi connectivity index (χ2n) is 6.63. The highest BCUT2D eigenvalue weighted by Crippen LogP contribution is 2.45. The standard InChI is InChI=1S/C13H28O2Si/c1-13(2,3)16(4,5)15-12-10-11(12)8-6-7-9-14/h11-12,14H,6-10H2,1-5H3/t11-,12-/m1/s1. The van der Waals surface area contributed by atoms with E-state index in [0.717, 1.165) is 18.8 Å². The van der Waals surface area contributed by atoms with E-state index in [-0.39, 0.29) is 0 Å². The molecule has 0 aromatic heterocycles. The van der Waals surface area contributed by atoms with Gasteiger partial charge in [0.15, 0.2) is 8.32 Å². The van der Waals surface area contributed by atoms with Gasteiger partial charge in [-0.3, -0.25) is 0 Å². The zero-order chi connectivity index (χ0) is 12.4. The van der Waals surface area contributed by atoms with E-state index in [9.17, 15) is 0 Å². The highest BCUT2D eigenvalue weighted by Gasteiger charge is 2.46. The molecule has 16 heavy (non-hydrogen) atoms. The summed E-state index contributed by atoms with van der Waals surface area (Å²) >= 11 is 0. The molecule has 1 saturated carbocycles. The molecule has 1 N–H and O–H groups in total. The Labute approximate surface area is 102 Å². The van der Waals surface area contributed by atoms with Crippen LogP contribution in [-0.2, 0) is 4.43 Å². The van der Waals surface area contributed by atoms with Gasteiger partial charge in [0.1, 0.15) is 0 Å². The zero-order valence-electron chi connectivity index (χ0n) is 11.5. The van der Waals surface area contributed by atoms with E-state index in [1.54, 1.807) is 0 Å². The number of rotatable bonds is 6. The molecule has 2 nitrogen and oxygen atoms in total. The normalized spacial score (nSPS) is 25.9. The van der Waals surface area contributed by atoms with Crippen molar-refractivity contribution in [2.24, 2.45) is 5.92 Å². The minimum atomic E-state index is -1.54. The van der Waals surface area contributed by atoms with E-state index in [1.165, 1.54) is 12.8 Å². The minimum Gasteiger partial charge on any atom is -0.414 e. The molecule has 0 spiro atoms. The lowest BCUT2D eigenvalue weighted by Crippen LogP contribution is -2.41. The maximum absolute atomic E-state index is 8.73. The van der Waals surface area contributed by atoms with Crippen molar-refractivity contribution in [3.63, 3.8) is 0 Å². The number of unbranched alkanes of at least 4 members (excludes halogenated alkanes) is 1. The number of hydrogen-bond donors (Lipinski definition) is 1. The van der Waals surface area contributed by atoms with E-state index >= 15 is 0 Å². The Hall–Kier alpha value is 0.137. The van der Waals surface area contributed by atoms with Crippen LogP contribution in [0.4, 0.5) is 0 Å². The lowest BCUT2D eigenvalue weighted by Gasteiger charge is -2.36. The average Bonchev–Trinajstić information content (AvgIpc) is 2.81. The van der Waals surface area contributed by atoms with Crippen LogP contribution < -0.4 is 0 Å². The summed E-state index contributed by atoms with van der Waals surface area (Å²) in [7, 11) is -1.54. The van der Waals surface area contributed by atoms with Gasteiger partial charge in [-0.15, -0.1) is 0 Å². The van der Waals surface area contributed by atoms with Crippen molar-refractivity contribution in [1.82, 2.24) is 0 Å². The van der Waals surface area contributed by atoms with Gasteiger partial charge in [-0.05, 0) is 43.3 Å². The van der Waals surface area contributed by atoms with E-state index in [1.807, 2.05) is 0 Å². The first-order chi connectivity index (χ1) is 7.28. The van der Waals surface area contributed by atoms with Gasteiger partial charge in [-0.25, -0.2) is 0 Å². The Morgan fingerprint density at radius 3 is 2.38 bits per heavy atom. The summed E-state index contributed by atoms with van der Waals surface area (Å²) in [6.45, 7) is 11.9. The van der Waals surface area contributed by atoms with Crippen LogP contribution in [0.2, 0.25) is 18.1 Å². The second kappa shape index (κ2) is 5.19. The Morgan fingerprint density at radius 2 is 1.88 bits per heavy atom. The molecule has 0 bridgehead atoms. The average molecular weight is 244 g/mol. The SMILES string of the molecule is CC(C)(C)[Si](C)(C)O[C@@H]1C[C@H]1CCCCO. The third kappa shape index (κ3) is 3.86. The van der Waals surface area contributed by atoms with Crippen LogP contribution in [-0.4, -0.2) is 26.1 Å². The molecule has 0 aromatic carbocycles. The first-order valence-corrected chi connectivity index (χ1v) is 9.47. The van der Waals surface area contributed by atoms with Gasteiger partial charge in [0.05, 0.1) is 0 Å². The summed E-state index contributed by atoms with van der Waals surface area (Å²) in [5.41, 5.74) is 0. The van der Waals surface area contributed by atoms with Crippen LogP contribution in [0.25, 0.3) is 0 Å². The zero-order valence-corrected chi connectivity index (χ0v) is 12.5. The topological polar surface area (TPSA) is 29.5 Å². The van der Waals surface area contributed by atoms with E-state index in [0.29, 0.717) is 17.7 Å². The van der Waals surface area contributed by atoms with E-state index in [2.05, 4.69) is 33.9 Å². The summed E-state index contributed by atoms with van der Waals surface area (Å²) in [5, 5.41) is 9.06. The molecule has 1 aliphatic carbocycles. The first-order valence-electron chi connectivity index (χ1n) is 6.56. The van der Waals surface area contributed by atoms with Gasteiger partial charge in [-0.2, -0.15) is 0 Å². The predicted octanol–water partition coefficient (Wildman–Crippen LogP) is 3.56. The monoisotopic (exact) mass is 244 g/mol. The van der Waals surface area contributed by atoms with Crippen molar-refractivity contribution < 1.29 is 9.53 Å². The fourth-order valence-electron chi connectivity index (χ4n) is 1.74. The Balaban J connectivity index is 2.26. The quantitative estimate of drug-likeness (QED) is 0.572. The highest BCUT2D eigenvalue weighted by atomic mass is 28.4. The number of aliphatic hydroxyl groups excluding tert-OH is 1. The van der Waals surface area contributed by atoms with Crippen LogP contribution in [0.15, 0.2) is 0 Å². The molecule has 0 heterocycles. The second-order valence-corrected chi connectivity index (χ2v) is 11.4. The molecule has 96 valence electrons. The molecule has 1 aliphatic rings. The molecule has 0 saturated heterocycles. The van der Waals surface area contributed by atoms with Crippen molar-refractivity contribution >= 4 is 8.32 Å². The van der Waals surface area contributed by atoms with Crippen LogP contribution in [0.5, 0.6) is 0 Å². The summed E-state index contributed by atoms with van der Waals surface area (Å²) < 4.78 is 6.33. The van der Waals surface area contributed by atoms with Crippen molar-refractivity contribution in [3.8, 4) is 0 Å². The van der Waals surface area contributed by atoms with Crippen LogP contribution in [0.3, 0.4) is 0 Å². The number of aliphatic hydroxyl groups is 1. The van der Waals surface area contributed by atoms with E-state index < -0.39 is 8.32 Å². The minimum absolute atomic E-state index is 0.325. The van der Waals surface area contributed by atoms with Gasteiger partial charge >= 0.3 is 0 Å². The van der Waals surface area contributed by atoms with Crippen LogP contribution in [0.1, 0.15) is 46.5 Å². The van der Waals surface area contributed by atoms with Crippen LogP contribution >= 0.6 is 0 Å². The molecule has 1 rings (SSSR count). The van der Waals surface area contributed by atoms with Gasteiger partial charge in [0.2, 0.25) is 0 Å². The molecule has 0 aliphatic heterocycles. The smallest absolute Gasteiger partial charge is 0.192 e. The van der Waals surface area contributed by atoms with Gasteiger partial charge in [0, 0.05) is 12.7 Å². The molecule has 2 atom stereocenters. The van der Waals surface area contributed by atoms with Crippen molar-refractivity contribution in [1.29, 1.82) is 0 Å². The molecule has 0 radical (unpaired) electrons. The van der Waals surface area contributed by atoms with Crippen molar-refractivity contribution in [2.75, 3.05) is 6.61 Å². The summed E-state index contributed by atoms with van der Waals surface area (Å²) in [4.78, 5) is 0. The van der Waals surface area contributed by atoms with Gasteiger partial charge in [-0.1, -0.05) is 27.2 Å². The van der Waals surface area contributed by atoms with Crippen molar-refractivity contribution in [3.05, 3.63) is 0 Å².